The molecule has 3 heterocycles. The van der Waals surface area contributed by atoms with Gasteiger partial charge in [0.2, 0.25) is 0 Å². The lowest BCUT2D eigenvalue weighted by molar-refractivity contribution is -0.128. The zero-order valence-electron chi connectivity index (χ0n) is 19.4. The highest BCUT2D eigenvalue weighted by Gasteiger charge is 2.33. The number of rotatable bonds is 4. The predicted molar refractivity (Wildman–Crippen MR) is 135 cm³/mol. The van der Waals surface area contributed by atoms with Gasteiger partial charge in [-0.1, -0.05) is 11.8 Å². The summed E-state index contributed by atoms with van der Waals surface area (Å²) in [6.45, 7) is 1.10. The molecule has 1 fully saturated rings. The van der Waals surface area contributed by atoms with Crippen molar-refractivity contribution in [3.05, 3.63) is 106 Å². The number of hydrogen-bond acceptors (Lipinski definition) is 6. The van der Waals surface area contributed by atoms with Crippen molar-refractivity contribution >= 4 is 35.0 Å². The van der Waals surface area contributed by atoms with Crippen LogP contribution in [0.1, 0.15) is 16.1 Å². The Morgan fingerprint density at radius 1 is 0.892 bits per heavy atom. The summed E-state index contributed by atoms with van der Waals surface area (Å²) in [5, 5.41) is 12.2. The smallest absolute Gasteiger partial charge is 0.289 e. The molecule has 37 heavy (non-hydrogen) atoms. The Bertz CT molecular complexity index is 1420. The number of piperazine rings is 1. The molecule has 1 saturated heterocycles. The zero-order valence-corrected chi connectivity index (χ0v) is 20.3. The molecule has 0 aliphatic carbocycles. The van der Waals surface area contributed by atoms with E-state index >= 15 is 0 Å². The molecule has 2 amide bonds. The summed E-state index contributed by atoms with van der Waals surface area (Å²) >= 11 is 1.19. The Hall–Kier alpha value is -4.36. The fourth-order valence-electron chi connectivity index (χ4n) is 4.18. The molecule has 0 unspecified atom stereocenters. The fraction of sp³-hybridized carbons (Fsp3) is 0.148. The van der Waals surface area contributed by atoms with Crippen LogP contribution in [0.15, 0.2) is 87.4 Å². The topological polar surface area (TPSA) is 80.8 Å². The highest BCUT2D eigenvalue weighted by molar-refractivity contribution is 8.06. The predicted octanol–water partition coefficient (Wildman–Crippen LogP) is 4.83. The molecule has 0 bridgehead atoms. The van der Waals surface area contributed by atoms with Gasteiger partial charge in [-0.25, -0.2) is 8.78 Å². The monoisotopic (exact) mass is 518 g/mol. The average molecular weight is 519 g/mol. The number of carbonyl (C=O) groups excluding carboxylic acids is 2. The quantitative estimate of drug-likeness (QED) is 0.364. The van der Waals surface area contributed by atoms with Crippen LogP contribution < -0.4 is 4.90 Å². The first-order valence-electron chi connectivity index (χ1n) is 11.4. The van der Waals surface area contributed by atoms with Crippen molar-refractivity contribution in [3.63, 3.8) is 0 Å². The Balaban J connectivity index is 1.42. The van der Waals surface area contributed by atoms with E-state index < -0.39 is 17.5 Å². The van der Waals surface area contributed by atoms with Gasteiger partial charge in [0.25, 0.3) is 11.8 Å². The Labute approximate surface area is 215 Å². The third kappa shape index (κ3) is 4.86. The summed E-state index contributed by atoms with van der Waals surface area (Å²) in [6, 6.07) is 16.8. The lowest BCUT2D eigenvalue weighted by Gasteiger charge is -2.34. The van der Waals surface area contributed by atoms with Crippen LogP contribution in [0.4, 0.5) is 14.5 Å². The van der Waals surface area contributed by atoms with Crippen LogP contribution in [0.5, 0.6) is 0 Å². The van der Waals surface area contributed by atoms with Crippen LogP contribution in [0.3, 0.4) is 0 Å². The van der Waals surface area contributed by atoms with Crippen molar-refractivity contribution in [1.29, 1.82) is 5.26 Å². The fourth-order valence-corrected chi connectivity index (χ4v) is 5.20. The molecule has 0 N–H and O–H groups in total. The number of hydrogen-bond donors (Lipinski definition) is 0. The van der Waals surface area contributed by atoms with Gasteiger partial charge in [-0.2, -0.15) is 5.26 Å². The van der Waals surface area contributed by atoms with E-state index in [0.717, 1.165) is 0 Å². The molecule has 1 aromatic heterocycles. The van der Waals surface area contributed by atoms with Gasteiger partial charge in [-0.3, -0.25) is 9.59 Å². The van der Waals surface area contributed by atoms with E-state index in [1.807, 2.05) is 0 Å². The third-order valence-corrected chi connectivity index (χ3v) is 7.03. The lowest BCUT2D eigenvalue weighted by Crippen LogP contribution is -2.51. The van der Waals surface area contributed by atoms with E-state index in [2.05, 4.69) is 6.07 Å². The summed E-state index contributed by atoms with van der Waals surface area (Å²) in [5.74, 6) is -1.30. The first kappa shape index (κ1) is 24.3. The van der Waals surface area contributed by atoms with Crippen molar-refractivity contribution in [2.75, 3.05) is 31.1 Å². The molecule has 0 atom stereocenters. The third-order valence-electron chi connectivity index (χ3n) is 6.08. The van der Waals surface area contributed by atoms with Crippen LogP contribution >= 0.6 is 11.8 Å². The number of nitriles is 1. The highest BCUT2D eigenvalue weighted by Crippen LogP contribution is 2.44. The van der Waals surface area contributed by atoms with Crippen LogP contribution in [0.2, 0.25) is 0 Å². The molecule has 2 aliphatic heterocycles. The molecular formula is C27H20F2N4O3S. The number of furan rings is 1. The second-order valence-corrected chi connectivity index (χ2v) is 9.15. The van der Waals surface area contributed by atoms with Gasteiger partial charge in [0.05, 0.1) is 12.0 Å². The van der Waals surface area contributed by atoms with Crippen molar-refractivity contribution in [1.82, 2.24) is 9.80 Å². The Kier molecular flexibility index (Phi) is 6.79. The van der Waals surface area contributed by atoms with Gasteiger partial charge in [0.15, 0.2) is 5.76 Å². The first-order chi connectivity index (χ1) is 18.0. The van der Waals surface area contributed by atoms with E-state index in [-0.39, 0.29) is 30.3 Å². The molecule has 0 spiro atoms. The lowest BCUT2D eigenvalue weighted by atomic mass is 10.1. The second kappa shape index (κ2) is 10.3. The summed E-state index contributed by atoms with van der Waals surface area (Å²) < 4.78 is 32.4. The minimum Gasteiger partial charge on any atom is -0.459 e. The van der Waals surface area contributed by atoms with E-state index in [1.165, 1.54) is 47.2 Å². The maximum Gasteiger partial charge on any atom is 0.289 e. The van der Waals surface area contributed by atoms with E-state index in [0.29, 0.717) is 35.1 Å². The molecule has 3 aromatic rings. The summed E-state index contributed by atoms with van der Waals surface area (Å²) in [7, 11) is 0. The molecule has 5 rings (SSSR count). The van der Waals surface area contributed by atoms with E-state index in [1.54, 1.807) is 51.6 Å². The van der Waals surface area contributed by atoms with Crippen molar-refractivity contribution in [2.24, 2.45) is 0 Å². The van der Waals surface area contributed by atoms with Gasteiger partial charge in [-0.05, 0) is 66.2 Å². The largest absolute Gasteiger partial charge is 0.459 e. The minimum absolute atomic E-state index is 0.0755. The number of anilines is 1. The van der Waals surface area contributed by atoms with Crippen LogP contribution in [-0.4, -0.2) is 47.8 Å². The van der Waals surface area contributed by atoms with Gasteiger partial charge in [0.1, 0.15) is 28.3 Å². The minimum atomic E-state index is -0.462. The normalized spacial score (nSPS) is 16.9. The number of halogens is 2. The van der Waals surface area contributed by atoms with Gasteiger partial charge < -0.3 is 19.1 Å². The van der Waals surface area contributed by atoms with Gasteiger partial charge in [0, 0.05) is 37.3 Å². The van der Waals surface area contributed by atoms with Gasteiger partial charge in [-0.15, -0.1) is 0 Å². The molecule has 0 saturated carbocycles. The molecule has 186 valence electrons. The van der Waals surface area contributed by atoms with E-state index in [9.17, 15) is 23.6 Å². The van der Waals surface area contributed by atoms with Crippen LogP contribution in [0.25, 0.3) is 5.70 Å². The van der Waals surface area contributed by atoms with Crippen LogP contribution in [0, 0.1) is 23.0 Å². The number of carbonyl (C=O) groups is 2. The number of benzene rings is 2. The average Bonchev–Trinajstić information content (AvgIpc) is 3.61. The number of amides is 2. The SMILES string of the molecule is N#C/C(C(=O)N1CCN(C(=O)c2ccco2)CC1)=C1/SC=C(c2ccc(F)cc2)N1c1ccc(F)cc1. The first-order valence-corrected chi connectivity index (χ1v) is 12.3. The highest BCUT2D eigenvalue weighted by atomic mass is 32.2. The van der Waals surface area contributed by atoms with Gasteiger partial charge >= 0.3 is 0 Å². The van der Waals surface area contributed by atoms with Crippen LogP contribution in [-0.2, 0) is 4.79 Å². The van der Waals surface area contributed by atoms with Crippen molar-refractivity contribution in [3.8, 4) is 6.07 Å². The second-order valence-electron chi connectivity index (χ2n) is 8.29. The molecular weight excluding hydrogens is 498 g/mol. The molecule has 2 aliphatic rings. The maximum absolute atomic E-state index is 13.7. The van der Waals surface area contributed by atoms with Crippen molar-refractivity contribution in [2.45, 2.75) is 0 Å². The van der Waals surface area contributed by atoms with Crippen molar-refractivity contribution < 1.29 is 22.8 Å². The Morgan fingerprint density at radius 2 is 1.51 bits per heavy atom. The molecule has 7 nitrogen and oxygen atoms in total. The summed E-state index contributed by atoms with van der Waals surface area (Å²) in [6.07, 6.45) is 1.43. The number of thioether (sulfide) groups is 1. The standard InChI is InChI=1S/C27H20F2N4O3S/c28-19-5-3-18(4-6-19)23-17-37-27(33(23)21-9-7-20(29)8-10-21)22(16-30)25(34)31-11-13-32(14-12-31)26(35)24-2-1-15-36-24/h1-10,15,17H,11-14H2/b27-22-. The zero-order chi connectivity index (χ0) is 25.9. The molecule has 10 heteroatoms. The molecule has 0 radical (unpaired) electrons. The van der Waals surface area contributed by atoms with E-state index in [4.69, 9.17) is 4.42 Å². The number of nitrogens with zero attached hydrogens (tertiary/aromatic N) is 4. The summed E-state index contributed by atoms with van der Waals surface area (Å²) in [5.41, 5.74) is 1.77. The summed E-state index contributed by atoms with van der Waals surface area (Å²) in [4.78, 5) is 30.9. The molecule has 2 aromatic carbocycles. The Morgan fingerprint density at radius 3 is 2.11 bits per heavy atom. The maximum atomic E-state index is 13.7.